The van der Waals surface area contributed by atoms with E-state index in [4.69, 9.17) is 0 Å². The van der Waals surface area contributed by atoms with Crippen LogP contribution in [-0.4, -0.2) is 26.2 Å². The number of rotatable bonds is 4. The smallest absolute Gasteiger partial charge is 0.241 e. The molecule has 0 saturated heterocycles. The lowest BCUT2D eigenvalue weighted by Crippen LogP contribution is -2.43. The van der Waals surface area contributed by atoms with Gasteiger partial charge in [0.15, 0.2) is 0 Å². The first-order valence-corrected chi connectivity index (χ1v) is 8.70. The van der Waals surface area contributed by atoms with Crippen LogP contribution in [0.2, 0.25) is 0 Å². The summed E-state index contributed by atoms with van der Waals surface area (Å²) in [4.78, 5) is 0.247. The number of aliphatic hydroxyl groups excluding tert-OH is 1. The zero-order chi connectivity index (χ0) is 13.9. The van der Waals surface area contributed by atoms with E-state index in [0.29, 0.717) is 4.47 Å². The first-order chi connectivity index (χ1) is 9.04. The molecular weight excluding hydrogens is 330 g/mol. The fourth-order valence-electron chi connectivity index (χ4n) is 2.51. The van der Waals surface area contributed by atoms with Gasteiger partial charge in [0.25, 0.3) is 0 Å². The highest BCUT2D eigenvalue weighted by Crippen LogP contribution is 2.27. The summed E-state index contributed by atoms with van der Waals surface area (Å²) in [5, 5.41) is 9.34. The Hall–Kier alpha value is -0.430. The van der Waals surface area contributed by atoms with Crippen LogP contribution in [0.15, 0.2) is 33.6 Å². The van der Waals surface area contributed by atoms with Gasteiger partial charge in [-0.3, -0.25) is 0 Å². The molecule has 1 aliphatic rings. The molecule has 106 valence electrons. The summed E-state index contributed by atoms with van der Waals surface area (Å²) in [6.45, 7) is 0.0309. The molecule has 1 aromatic carbocycles. The summed E-state index contributed by atoms with van der Waals surface area (Å²) in [6, 6.07) is 6.59. The monoisotopic (exact) mass is 347 g/mol. The third kappa shape index (κ3) is 3.56. The molecule has 2 atom stereocenters. The minimum atomic E-state index is -3.54. The minimum absolute atomic E-state index is 0.0195. The molecule has 1 aromatic rings. The lowest BCUT2D eigenvalue weighted by atomic mass is 9.86. The van der Waals surface area contributed by atoms with Crippen molar-refractivity contribution in [2.45, 2.75) is 36.6 Å². The highest BCUT2D eigenvalue weighted by Gasteiger charge is 2.29. The van der Waals surface area contributed by atoms with Gasteiger partial charge in [-0.15, -0.1) is 0 Å². The summed E-state index contributed by atoms with van der Waals surface area (Å²) in [5.74, 6) is 0.0195. The van der Waals surface area contributed by atoms with Crippen LogP contribution in [0.25, 0.3) is 0 Å². The summed E-state index contributed by atoms with van der Waals surface area (Å²) in [7, 11) is -3.54. The first kappa shape index (κ1) is 15.0. The number of halogens is 1. The molecule has 1 fully saturated rings. The van der Waals surface area contributed by atoms with Crippen LogP contribution in [0.1, 0.15) is 25.7 Å². The van der Waals surface area contributed by atoms with Crippen LogP contribution in [0.3, 0.4) is 0 Å². The van der Waals surface area contributed by atoms with Crippen molar-refractivity contribution in [3.05, 3.63) is 28.7 Å². The topological polar surface area (TPSA) is 66.4 Å². The van der Waals surface area contributed by atoms with E-state index in [1.807, 2.05) is 0 Å². The zero-order valence-corrected chi connectivity index (χ0v) is 13.0. The molecule has 0 aromatic heterocycles. The third-order valence-corrected chi connectivity index (χ3v) is 6.08. The van der Waals surface area contributed by atoms with Crippen LogP contribution in [0.5, 0.6) is 0 Å². The molecule has 0 radical (unpaired) electrons. The van der Waals surface area contributed by atoms with Crippen molar-refractivity contribution >= 4 is 26.0 Å². The summed E-state index contributed by atoms with van der Waals surface area (Å²) >= 11 is 3.26. The second kappa shape index (κ2) is 6.35. The molecular formula is C13H18BrNO3S. The summed E-state index contributed by atoms with van der Waals surface area (Å²) < 4.78 is 28.0. The second-order valence-corrected chi connectivity index (χ2v) is 7.42. The van der Waals surface area contributed by atoms with Crippen LogP contribution in [0, 0.1) is 5.92 Å². The molecule has 1 saturated carbocycles. The number of hydrogen-bond donors (Lipinski definition) is 2. The minimum Gasteiger partial charge on any atom is -0.396 e. The Morgan fingerprint density at radius 1 is 1.26 bits per heavy atom. The Morgan fingerprint density at radius 3 is 2.63 bits per heavy atom. The van der Waals surface area contributed by atoms with Gasteiger partial charge in [-0.05, 0) is 46.8 Å². The summed E-state index contributed by atoms with van der Waals surface area (Å²) in [6.07, 6.45) is 3.71. The van der Waals surface area contributed by atoms with Crippen molar-refractivity contribution in [2.24, 2.45) is 5.92 Å². The van der Waals surface area contributed by atoms with E-state index < -0.39 is 10.0 Å². The molecule has 1 aliphatic carbocycles. The van der Waals surface area contributed by atoms with E-state index in [1.54, 1.807) is 24.3 Å². The van der Waals surface area contributed by atoms with Crippen molar-refractivity contribution in [1.82, 2.24) is 4.72 Å². The number of aliphatic hydroxyl groups is 1. The highest BCUT2D eigenvalue weighted by atomic mass is 79.9. The maximum absolute atomic E-state index is 12.4. The molecule has 0 spiro atoms. The Bertz CT molecular complexity index is 532. The average molecular weight is 348 g/mol. The van der Waals surface area contributed by atoms with Gasteiger partial charge in [-0.2, -0.15) is 0 Å². The Labute approximate surface area is 122 Å². The van der Waals surface area contributed by atoms with Crippen LogP contribution < -0.4 is 4.72 Å². The molecule has 2 N–H and O–H groups in total. The predicted octanol–water partition coefficient (Wildman–Crippen LogP) is 2.28. The largest absolute Gasteiger partial charge is 0.396 e. The Balaban J connectivity index is 2.19. The van der Waals surface area contributed by atoms with Crippen molar-refractivity contribution < 1.29 is 13.5 Å². The highest BCUT2D eigenvalue weighted by molar-refractivity contribution is 9.10. The van der Waals surface area contributed by atoms with E-state index in [-0.39, 0.29) is 23.5 Å². The van der Waals surface area contributed by atoms with Crippen molar-refractivity contribution in [2.75, 3.05) is 6.61 Å². The van der Waals surface area contributed by atoms with Gasteiger partial charge >= 0.3 is 0 Å². The van der Waals surface area contributed by atoms with Gasteiger partial charge < -0.3 is 5.11 Å². The zero-order valence-electron chi connectivity index (χ0n) is 10.5. The standard InChI is InChI=1S/C13H18BrNO3S/c14-11-6-2-4-8-13(11)19(17,18)15-12-7-3-1-5-10(12)9-16/h2,4,6,8,10,12,15-16H,1,3,5,7,9H2. The fourth-order valence-corrected chi connectivity index (χ4v) is 4.85. The number of hydrogen-bond acceptors (Lipinski definition) is 3. The van der Waals surface area contributed by atoms with E-state index in [0.717, 1.165) is 25.7 Å². The molecule has 0 aliphatic heterocycles. The molecule has 0 heterocycles. The molecule has 4 nitrogen and oxygen atoms in total. The van der Waals surface area contributed by atoms with Gasteiger partial charge in [0, 0.05) is 17.1 Å². The predicted molar refractivity (Wildman–Crippen MR) is 77.3 cm³/mol. The normalized spacial score (nSPS) is 24.3. The first-order valence-electron chi connectivity index (χ1n) is 6.42. The van der Waals surface area contributed by atoms with E-state index in [2.05, 4.69) is 20.7 Å². The molecule has 0 amide bonds. The summed E-state index contributed by atoms with van der Waals surface area (Å²) in [5.41, 5.74) is 0. The molecule has 2 unspecified atom stereocenters. The Morgan fingerprint density at radius 2 is 1.95 bits per heavy atom. The molecule has 2 rings (SSSR count). The van der Waals surface area contributed by atoms with Crippen molar-refractivity contribution in [3.8, 4) is 0 Å². The number of sulfonamides is 1. The van der Waals surface area contributed by atoms with Crippen molar-refractivity contribution in [1.29, 1.82) is 0 Å². The average Bonchev–Trinajstić information content (AvgIpc) is 2.39. The lowest BCUT2D eigenvalue weighted by molar-refractivity contribution is 0.164. The maximum Gasteiger partial charge on any atom is 0.241 e. The van der Waals surface area contributed by atoms with E-state index >= 15 is 0 Å². The number of nitrogens with one attached hydrogen (secondary N) is 1. The quantitative estimate of drug-likeness (QED) is 0.877. The fraction of sp³-hybridized carbons (Fsp3) is 0.538. The lowest BCUT2D eigenvalue weighted by Gasteiger charge is -2.30. The Kier molecular flexibility index (Phi) is 5.00. The van der Waals surface area contributed by atoms with Crippen LogP contribution >= 0.6 is 15.9 Å². The molecule has 0 bridgehead atoms. The maximum atomic E-state index is 12.4. The SMILES string of the molecule is O=S(=O)(NC1CCCCC1CO)c1ccccc1Br. The molecule has 19 heavy (non-hydrogen) atoms. The van der Waals surface area contributed by atoms with E-state index in [1.165, 1.54) is 0 Å². The van der Waals surface area contributed by atoms with Gasteiger partial charge in [0.2, 0.25) is 10.0 Å². The van der Waals surface area contributed by atoms with Crippen molar-refractivity contribution in [3.63, 3.8) is 0 Å². The van der Waals surface area contributed by atoms with Gasteiger partial charge in [0.05, 0.1) is 4.90 Å². The van der Waals surface area contributed by atoms with Gasteiger partial charge in [-0.25, -0.2) is 13.1 Å². The number of benzene rings is 1. The van der Waals surface area contributed by atoms with Crippen LogP contribution in [0.4, 0.5) is 0 Å². The van der Waals surface area contributed by atoms with Gasteiger partial charge in [0.1, 0.15) is 0 Å². The third-order valence-electron chi connectivity index (χ3n) is 3.58. The second-order valence-electron chi connectivity index (χ2n) is 4.89. The molecule has 6 heteroatoms. The van der Waals surface area contributed by atoms with E-state index in [9.17, 15) is 13.5 Å². The van der Waals surface area contributed by atoms with Crippen LogP contribution in [-0.2, 0) is 10.0 Å². The van der Waals surface area contributed by atoms with Gasteiger partial charge in [-0.1, -0.05) is 25.0 Å².